The number of Topliss-reactive ketones (excluding diaryl/α,β-unsaturated/α-hetero) is 1. The monoisotopic (exact) mass is 215 g/mol. The molecule has 5 heteroatoms. The Bertz CT molecular complexity index is 393. The molecule has 1 unspecified atom stereocenters. The summed E-state index contributed by atoms with van der Waals surface area (Å²) in [6, 6.07) is 0.596. The molecular weight excluding hydrogens is 204 g/mol. The Labute approximate surface area is 85.8 Å². The van der Waals surface area contributed by atoms with E-state index in [-0.39, 0.29) is 11.3 Å². The maximum Gasteiger partial charge on any atom is 0.165 e. The van der Waals surface area contributed by atoms with Gasteiger partial charge in [0.25, 0.3) is 0 Å². The van der Waals surface area contributed by atoms with Gasteiger partial charge in [-0.25, -0.2) is 8.78 Å². The standard InChI is InChI=1S/C10H11F2NO2/c1-5(14)10(13)6-3-8(12)9(15-2)4-7(6)11/h3-4,10H,13H2,1-2H3. The smallest absolute Gasteiger partial charge is 0.165 e. The molecule has 1 aromatic carbocycles. The molecule has 0 saturated heterocycles. The van der Waals surface area contributed by atoms with E-state index in [0.29, 0.717) is 0 Å². The summed E-state index contributed by atoms with van der Waals surface area (Å²) < 4.78 is 31.1. The van der Waals surface area contributed by atoms with Gasteiger partial charge in [-0.1, -0.05) is 0 Å². The number of halogens is 2. The normalized spacial score (nSPS) is 12.3. The number of nitrogens with two attached hydrogens (primary N) is 1. The number of hydrogen-bond donors (Lipinski definition) is 1. The number of rotatable bonds is 3. The fourth-order valence-electron chi connectivity index (χ4n) is 1.16. The van der Waals surface area contributed by atoms with E-state index < -0.39 is 23.5 Å². The number of methoxy groups -OCH3 is 1. The SMILES string of the molecule is COc1cc(F)c(C(N)C(C)=O)cc1F. The first-order valence-corrected chi connectivity index (χ1v) is 4.26. The first kappa shape index (κ1) is 11.6. The Morgan fingerprint density at radius 2 is 2.00 bits per heavy atom. The van der Waals surface area contributed by atoms with Crippen LogP contribution in [0.15, 0.2) is 12.1 Å². The van der Waals surface area contributed by atoms with Crippen molar-refractivity contribution in [3.05, 3.63) is 29.3 Å². The van der Waals surface area contributed by atoms with Crippen LogP contribution in [0.5, 0.6) is 5.75 Å². The van der Waals surface area contributed by atoms with Gasteiger partial charge in [0.1, 0.15) is 5.82 Å². The van der Waals surface area contributed by atoms with Crippen molar-refractivity contribution in [3.63, 3.8) is 0 Å². The number of ether oxygens (including phenoxy) is 1. The highest BCUT2D eigenvalue weighted by molar-refractivity contribution is 5.82. The number of carbonyl (C=O) groups excluding carboxylic acids is 1. The van der Waals surface area contributed by atoms with E-state index in [2.05, 4.69) is 4.74 Å². The summed E-state index contributed by atoms with van der Waals surface area (Å²) in [6.07, 6.45) is 0. The molecule has 0 bridgehead atoms. The molecule has 0 radical (unpaired) electrons. The molecule has 0 aliphatic heterocycles. The van der Waals surface area contributed by atoms with Crippen molar-refractivity contribution in [2.45, 2.75) is 13.0 Å². The highest BCUT2D eigenvalue weighted by Gasteiger charge is 2.18. The highest BCUT2D eigenvalue weighted by atomic mass is 19.1. The van der Waals surface area contributed by atoms with E-state index in [1.54, 1.807) is 0 Å². The maximum absolute atomic E-state index is 13.3. The van der Waals surface area contributed by atoms with Crippen LogP contribution in [0.2, 0.25) is 0 Å². The lowest BCUT2D eigenvalue weighted by molar-refractivity contribution is -0.118. The van der Waals surface area contributed by atoms with E-state index in [1.165, 1.54) is 14.0 Å². The van der Waals surface area contributed by atoms with Crippen LogP contribution in [0.3, 0.4) is 0 Å². The second-order valence-electron chi connectivity index (χ2n) is 3.10. The molecule has 1 aromatic rings. The van der Waals surface area contributed by atoms with Gasteiger partial charge in [0.15, 0.2) is 17.3 Å². The summed E-state index contributed by atoms with van der Waals surface area (Å²) in [7, 11) is 1.22. The number of benzene rings is 1. The molecule has 3 nitrogen and oxygen atoms in total. The predicted octanol–water partition coefficient (Wildman–Crippen LogP) is 1.56. The lowest BCUT2D eigenvalue weighted by atomic mass is 10.0. The molecule has 0 saturated carbocycles. The minimum absolute atomic E-state index is 0.166. The Hall–Kier alpha value is -1.49. The van der Waals surface area contributed by atoms with Crippen molar-refractivity contribution >= 4 is 5.78 Å². The van der Waals surface area contributed by atoms with Gasteiger partial charge in [0.2, 0.25) is 0 Å². The zero-order valence-electron chi connectivity index (χ0n) is 8.38. The molecule has 1 atom stereocenters. The van der Waals surface area contributed by atoms with Crippen LogP contribution in [-0.4, -0.2) is 12.9 Å². The summed E-state index contributed by atoms with van der Waals surface area (Å²) in [4.78, 5) is 10.9. The Kier molecular flexibility index (Phi) is 3.36. The molecule has 0 fully saturated rings. The van der Waals surface area contributed by atoms with Crippen molar-refractivity contribution in [2.75, 3.05) is 7.11 Å². The highest BCUT2D eigenvalue weighted by Crippen LogP contribution is 2.24. The molecule has 2 N–H and O–H groups in total. The van der Waals surface area contributed by atoms with Crippen molar-refractivity contribution in [3.8, 4) is 5.75 Å². The van der Waals surface area contributed by atoms with Gasteiger partial charge in [-0.05, 0) is 13.0 Å². The molecule has 15 heavy (non-hydrogen) atoms. The molecule has 0 spiro atoms. The largest absolute Gasteiger partial charge is 0.494 e. The van der Waals surface area contributed by atoms with E-state index in [0.717, 1.165) is 12.1 Å². The molecule has 0 aromatic heterocycles. The van der Waals surface area contributed by atoms with Crippen molar-refractivity contribution in [2.24, 2.45) is 5.73 Å². The van der Waals surface area contributed by atoms with Gasteiger partial charge in [-0.15, -0.1) is 0 Å². The predicted molar refractivity (Wildman–Crippen MR) is 50.5 cm³/mol. The second-order valence-corrected chi connectivity index (χ2v) is 3.10. The van der Waals surface area contributed by atoms with Crippen LogP contribution in [0.4, 0.5) is 8.78 Å². The molecule has 0 aliphatic carbocycles. The van der Waals surface area contributed by atoms with E-state index in [4.69, 9.17) is 5.73 Å². The van der Waals surface area contributed by atoms with Crippen molar-refractivity contribution < 1.29 is 18.3 Å². The lowest BCUT2D eigenvalue weighted by Gasteiger charge is -2.11. The van der Waals surface area contributed by atoms with Gasteiger partial charge < -0.3 is 10.5 Å². The average Bonchev–Trinajstić information content (AvgIpc) is 2.19. The summed E-state index contributed by atoms with van der Waals surface area (Å²) in [6.45, 7) is 1.21. The van der Waals surface area contributed by atoms with Crippen LogP contribution < -0.4 is 10.5 Å². The third-order valence-electron chi connectivity index (χ3n) is 2.04. The zero-order valence-corrected chi connectivity index (χ0v) is 8.38. The van der Waals surface area contributed by atoms with Crippen LogP contribution >= 0.6 is 0 Å². The summed E-state index contributed by atoms with van der Waals surface area (Å²) >= 11 is 0. The first-order chi connectivity index (χ1) is 6.97. The van der Waals surface area contributed by atoms with Gasteiger partial charge in [0, 0.05) is 11.6 Å². The minimum atomic E-state index is -1.15. The Balaban J connectivity index is 3.21. The molecule has 1 rings (SSSR count). The van der Waals surface area contributed by atoms with Gasteiger partial charge in [-0.3, -0.25) is 4.79 Å². The first-order valence-electron chi connectivity index (χ1n) is 4.26. The van der Waals surface area contributed by atoms with Gasteiger partial charge >= 0.3 is 0 Å². The molecule has 82 valence electrons. The molecular formula is C10H11F2NO2. The molecule has 0 amide bonds. The van der Waals surface area contributed by atoms with Crippen LogP contribution in [0.25, 0.3) is 0 Å². The van der Waals surface area contributed by atoms with Crippen LogP contribution in [0.1, 0.15) is 18.5 Å². The molecule has 0 aliphatic rings. The Morgan fingerprint density at radius 1 is 1.40 bits per heavy atom. The van der Waals surface area contributed by atoms with Crippen molar-refractivity contribution in [1.82, 2.24) is 0 Å². The summed E-state index contributed by atoms with van der Waals surface area (Å²) in [5, 5.41) is 0. The quantitative estimate of drug-likeness (QED) is 0.832. The Morgan fingerprint density at radius 3 is 2.47 bits per heavy atom. The molecule has 0 heterocycles. The fourth-order valence-corrected chi connectivity index (χ4v) is 1.16. The van der Waals surface area contributed by atoms with Crippen LogP contribution in [-0.2, 0) is 4.79 Å². The minimum Gasteiger partial charge on any atom is -0.494 e. The number of ketones is 1. The summed E-state index contributed by atoms with van der Waals surface area (Å²) in [5.74, 6) is -2.15. The van der Waals surface area contributed by atoms with E-state index in [1.807, 2.05) is 0 Å². The van der Waals surface area contributed by atoms with E-state index in [9.17, 15) is 13.6 Å². The van der Waals surface area contributed by atoms with Crippen LogP contribution in [0, 0.1) is 11.6 Å². The van der Waals surface area contributed by atoms with Gasteiger partial charge in [0.05, 0.1) is 13.2 Å². The zero-order chi connectivity index (χ0) is 11.6. The second kappa shape index (κ2) is 4.35. The average molecular weight is 215 g/mol. The van der Waals surface area contributed by atoms with Gasteiger partial charge in [-0.2, -0.15) is 0 Å². The maximum atomic E-state index is 13.3. The van der Waals surface area contributed by atoms with Crippen molar-refractivity contribution in [1.29, 1.82) is 0 Å². The third-order valence-corrected chi connectivity index (χ3v) is 2.04. The number of carbonyl (C=O) groups is 1. The summed E-state index contributed by atoms with van der Waals surface area (Å²) in [5.41, 5.74) is 5.24. The topological polar surface area (TPSA) is 52.3 Å². The number of hydrogen-bond acceptors (Lipinski definition) is 3. The lowest BCUT2D eigenvalue weighted by Crippen LogP contribution is -2.20. The third kappa shape index (κ3) is 2.30. The van der Waals surface area contributed by atoms with E-state index >= 15 is 0 Å². The fraction of sp³-hybridized carbons (Fsp3) is 0.300.